The van der Waals surface area contributed by atoms with Gasteiger partial charge in [0.15, 0.2) is 0 Å². The molecule has 2 fully saturated rings. The Labute approximate surface area is 128 Å². The summed E-state index contributed by atoms with van der Waals surface area (Å²) >= 11 is 0. The second kappa shape index (κ2) is 6.05. The van der Waals surface area contributed by atoms with Crippen molar-refractivity contribution < 1.29 is 14.3 Å². The molecule has 0 aromatic carbocycles. The number of aromatic nitrogens is 2. The lowest BCUT2D eigenvalue weighted by Crippen LogP contribution is -2.57. The highest BCUT2D eigenvalue weighted by atomic mass is 16.5. The summed E-state index contributed by atoms with van der Waals surface area (Å²) < 4.78 is 7.12. The van der Waals surface area contributed by atoms with Crippen LogP contribution in [-0.4, -0.2) is 59.5 Å². The molecule has 2 N–H and O–H groups in total. The number of carbonyl (C=O) groups is 2. The van der Waals surface area contributed by atoms with Crippen molar-refractivity contribution in [2.75, 3.05) is 24.6 Å². The van der Waals surface area contributed by atoms with Crippen LogP contribution >= 0.6 is 0 Å². The third-order valence-electron chi connectivity index (χ3n) is 4.12. The molecule has 1 aromatic heterocycles. The fraction of sp³-hybridized carbons (Fsp3) is 0.643. The first-order valence-electron chi connectivity index (χ1n) is 7.51. The van der Waals surface area contributed by atoms with Crippen LogP contribution in [0.3, 0.4) is 0 Å². The summed E-state index contributed by atoms with van der Waals surface area (Å²) in [4.78, 5) is 26.4. The summed E-state index contributed by atoms with van der Waals surface area (Å²) in [5.74, 6) is -0.274. The molecule has 3 atom stereocenters. The van der Waals surface area contributed by atoms with Crippen LogP contribution in [0.5, 0.6) is 0 Å². The number of hydrogen-bond acceptors (Lipinski definition) is 5. The minimum atomic E-state index is -0.483. The second-order valence-electron chi connectivity index (χ2n) is 5.72. The normalized spacial score (nSPS) is 28.9. The number of nitrogens with zero attached hydrogens (tertiary/aromatic N) is 3. The molecule has 2 saturated heterocycles. The Morgan fingerprint density at radius 2 is 2.36 bits per heavy atom. The van der Waals surface area contributed by atoms with E-state index >= 15 is 0 Å². The first-order valence-corrected chi connectivity index (χ1v) is 7.51. The lowest BCUT2D eigenvalue weighted by molar-refractivity contribution is -0.132. The van der Waals surface area contributed by atoms with E-state index in [0.29, 0.717) is 26.1 Å². The van der Waals surface area contributed by atoms with E-state index in [9.17, 15) is 9.59 Å². The van der Waals surface area contributed by atoms with Crippen molar-refractivity contribution in [1.29, 1.82) is 0 Å². The highest BCUT2D eigenvalue weighted by Crippen LogP contribution is 2.20. The van der Waals surface area contributed by atoms with Crippen LogP contribution in [0, 0.1) is 0 Å². The van der Waals surface area contributed by atoms with Crippen molar-refractivity contribution >= 4 is 17.5 Å². The number of carbonyl (C=O) groups excluding carboxylic acids is 2. The fourth-order valence-electron chi connectivity index (χ4n) is 2.91. The highest BCUT2D eigenvalue weighted by Gasteiger charge is 2.37. The smallest absolute Gasteiger partial charge is 0.249 e. The van der Waals surface area contributed by atoms with Crippen molar-refractivity contribution in [3.8, 4) is 0 Å². The third-order valence-corrected chi connectivity index (χ3v) is 4.12. The van der Waals surface area contributed by atoms with Gasteiger partial charge >= 0.3 is 0 Å². The zero-order valence-corrected chi connectivity index (χ0v) is 12.8. The Morgan fingerprint density at radius 3 is 3.05 bits per heavy atom. The van der Waals surface area contributed by atoms with Gasteiger partial charge in [-0.25, -0.2) is 0 Å². The number of hydrogen-bond donors (Lipinski definition) is 2. The summed E-state index contributed by atoms with van der Waals surface area (Å²) in [5.41, 5.74) is 0.761. The maximum absolute atomic E-state index is 12.4. The van der Waals surface area contributed by atoms with Gasteiger partial charge in [0.05, 0.1) is 24.6 Å². The Kier molecular flexibility index (Phi) is 4.12. The summed E-state index contributed by atoms with van der Waals surface area (Å²) in [6.45, 7) is 3.68. The molecule has 0 saturated carbocycles. The molecule has 8 nitrogen and oxygen atoms in total. The molecule has 0 bridgehead atoms. The number of nitrogens with one attached hydrogen (secondary N) is 2. The van der Waals surface area contributed by atoms with E-state index in [1.54, 1.807) is 29.0 Å². The minimum absolute atomic E-state index is 0.0919. The van der Waals surface area contributed by atoms with Gasteiger partial charge in [-0.1, -0.05) is 0 Å². The number of rotatable bonds is 3. The Hall–Kier alpha value is -1.93. The lowest BCUT2D eigenvalue weighted by Gasteiger charge is -2.30. The SMILES string of the molecule is C[C@H]1OCCN[C@@H]1C(=O)NC1CCN(c2cnn(C)c2)C1=O. The van der Waals surface area contributed by atoms with Gasteiger partial charge in [0.25, 0.3) is 0 Å². The highest BCUT2D eigenvalue weighted by molar-refractivity contribution is 6.01. The number of morpholine rings is 1. The van der Waals surface area contributed by atoms with Gasteiger partial charge in [-0.2, -0.15) is 5.10 Å². The van der Waals surface area contributed by atoms with E-state index in [-0.39, 0.29) is 17.9 Å². The Bertz CT molecular complexity index is 573. The molecule has 1 aromatic rings. The maximum atomic E-state index is 12.4. The maximum Gasteiger partial charge on any atom is 0.249 e. The van der Waals surface area contributed by atoms with Crippen molar-refractivity contribution in [1.82, 2.24) is 20.4 Å². The average molecular weight is 307 g/mol. The van der Waals surface area contributed by atoms with Crippen LogP contribution in [0.2, 0.25) is 0 Å². The molecule has 8 heteroatoms. The number of ether oxygens (including phenoxy) is 1. The van der Waals surface area contributed by atoms with Gasteiger partial charge < -0.3 is 20.3 Å². The van der Waals surface area contributed by atoms with Crippen LogP contribution < -0.4 is 15.5 Å². The summed E-state index contributed by atoms with van der Waals surface area (Å²) in [6.07, 6.45) is 3.85. The average Bonchev–Trinajstić information content (AvgIpc) is 3.06. The van der Waals surface area contributed by atoms with Gasteiger partial charge in [-0.15, -0.1) is 0 Å². The predicted octanol–water partition coefficient (Wildman–Crippen LogP) is -0.981. The van der Waals surface area contributed by atoms with E-state index in [1.807, 2.05) is 6.92 Å². The van der Waals surface area contributed by atoms with Gasteiger partial charge in [0.1, 0.15) is 12.1 Å². The van der Waals surface area contributed by atoms with E-state index in [2.05, 4.69) is 15.7 Å². The van der Waals surface area contributed by atoms with Gasteiger partial charge in [-0.3, -0.25) is 14.3 Å². The zero-order valence-electron chi connectivity index (χ0n) is 12.8. The molecule has 120 valence electrons. The van der Waals surface area contributed by atoms with E-state index < -0.39 is 12.1 Å². The topological polar surface area (TPSA) is 88.5 Å². The Morgan fingerprint density at radius 1 is 1.55 bits per heavy atom. The monoisotopic (exact) mass is 307 g/mol. The van der Waals surface area contributed by atoms with E-state index in [1.165, 1.54) is 0 Å². The predicted molar refractivity (Wildman–Crippen MR) is 79.3 cm³/mol. The lowest BCUT2D eigenvalue weighted by atomic mass is 10.1. The van der Waals surface area contributed by atoms with Crippen molar-refractivity contribution in [3.63, 3.8) is 0 Å². The van der Waals surface area contributed by atoms with Crippen LogP contribution in [-0.2, 0) is 21.4 Å². The number of amides is 2. The molecule has 2 aliphatic heterocycles. The summed E-state index contributed by atoms with van der Waals surface area (Å²) in [7, 11) is 1.81. The van der Waals surface area contributed by atoms with E-state index in [0.717, 1.165) is 5.69 Å². The molecule has 22 heavy (non-hydrogen) atoms. The molecule has 2 amide bonds. The van der Waals surface area contributed by atoms with Crippen LogP contribution in [0.1, 0.15) is 13.3 Å². The summed E-state index contributed by atoms with van der Waals surface area (Å²) in [6, 6.07) is -0.891. The van der Waals surface area contributed by atoms with Crippen molar-refractivity contribution in [3.05, 3.63) is 12.4 Å². The van der Waals surface area contributed by atoms with Crippen LogP contribution in [0.15, 0.2) is 12.4 Å². The molecule has 3 heterocycles. The van der Waals surface area contributed by atoms with Gasteiger partial charge in [-0.05, 0) is 13.3 Å². The fourth-order valence-corrected chi connectivity index (χ4v) is 2.91. The molecule has 0 radical (unpaired) electrons. The third kappa shape index (κ3) is 2.84. The molecule has 0 spiro atoms. The minimum Gasteiger partial charge on any atom is -0.375 e. The molecule has 1 unspecified atom stereocenters. The number of anilines is 1. The van der Waals surface area contributed by atoms with Gasteiger partial charge in [0.2, 0.25) is 11.8 Å². The molecule has 2 aliphatic rings. The van der Waals surface area contributed by atoms with Crippen molar-refractivity contribution in [2.24, 2.45) is 7.05 Å². The first-order chi connectivity index (χ1) is 10.6. The number of aryl methyl sites for hydroxylation is 1. The molecule has 0 aliphatic carbocycles. The molecular weight excluding hydrogens is 286 g/mol. The standard InChI is InChI=1S/C14H21N5O3/c1-9-12(15-4-6-22-9)13(20)17-11-3-5-19(14(11)21)10-7-16-18(2)8-10/h7-9,11-12,15H,3-6H2,1-2H3,(H,17,20)/t9-,11?,12+/m1/s1. The van der Waals surface area contributed by atoms with Crippen molar-refractivity contribution in [2.45, 2.75) is 31.5 Å². The quantitative estimate of drug-likeness (QED) is 0.749. The second-order valence-corrected chi connectivity index (χ2v) is 5.72. The van der Waals surface area contributed by atoms with Crippen LogP contribution in [0.4, 0.5) is 5.69 Å². The summed E-state index contributed by atoms with van der Waals surface area (Å²) in [5, 5.41) is 10.0. The Balaban J connectivity index is 1.62. The molecular formula is C14H21N5O3. The zero-order chi connectivity index (χ0) is 15.7. The van der Waals surface area contributed by atoms with Crippen LogP contribution in [0.25, 0.3) is 0 Å². The molecule has 3 rings (SSSR count). The van der Waals surface area contributed by atoms with E-state index in [4.69, 9.17) is 4.74 Å². The first kappa shape index (κ1) is 15.0. The van der Waals surface area contributed by atoms with Gasteiger partial charge in [0, 0.05) is 26.3 Å². The largest absolute Gasteiger partial charge is 0.375 e.